The van der Waals surface area contributed by atoms with Crippen LogP contribution in [0.15, 0.2) is 90.0 Å². The number of benzene rings is 3. The molecule has 10 nitrogen and oxygen atoms in total. The monoisotopic (exact) mass is 833 g/mol. The van der Waals surface area contributed by atoms with Crippen LogP contribution >= 0.6 is 11.8 Å². The molecule has 4 rings (SSSR count). The van der Waals surface area contributed by atoms with Crippen molar-refractivity contribution in [2.24, 2.45) is 0 Å². The molecule has 1 heterocycles. The van der Waals surface area contributed by atoms with E-state index in [0.717, 1.165) is 52.7 Å². The number of aliphatic carboxylic acids is 1. The number of methoxy groups -OCH3 is 1. The minimum atomic E-state index is -5.08. The fraction of sp³-hybridized carbons (Fsp3) is 0.366. The predicted octanol–water partition coefficient (Wildman–Crippen LogP) is 7.79. The van der Waals surface area contributed by atoms with Crippen LogP contribution in [0.4, 0.5) is 17.6 Å². The lowest BCUT2D eigenvalue weighted by Gasteiger charge is -2.25. The first-order valence-corrected chi connectivity index (χ1v) is 20.7. The van der Waals surface area contributed by atoms with Gasteiger partial charge in [-0.05, 0) is 66.1 Å². The zero-order valence-corrected chi connectivity index (χ0v) is 34.0. The number of nitrogens with zero attached hydrogens (tertiary/aromatic N) is 2. The molecule has 0 radical (unpaired) electrons. The molecule has 0 fully saturated rings. The van der Waals surface area contributed by atoms with Gasteiger partial charge >= 0.3 is 12.1 Å². The van der Waals surface area contributed by atoms with Crippen LogP contribution in [0.5, 0.6) is 5.75 Å². The van der Waals surface area contributed by atoms with Crippen molar-refractivity contribution in [3.8, 4) is 17.0 Å². The molecule has 0 bridgehead atoms. The van der Waals surface area contributed by atoms with Gasteiger partial charge < -0.3 is 20.1 Å². The van der Waals surface area contributed by atoms with Crippen LogP contribution in [0.1, 0.15) is 60.7 Å². The zero-order valence-electron chi connectivity index (χ0n) is 32.4. The van der Waals surface area contributed by atoms with Crippen molar-refractivity contribution in [3.63, 3.8) is 0 Å². The van der Waals surface area contributed by atoms with E-state index in [0.29, 0.717) is 24.5 Å². The normalized spacial score (nSPS) is 11.7. The third-order valence-electron chi connectivity index (χ3n) is 8.25. The molecule has 0 saturated carbocycles. The van der Waals surface area contributed by atoms with E-state index in [1.54, 1.807) is 28.8 Å². The lowest BCUT2D eigenvalue weighted by molar-refractivity contribution is -0.192. The number of rotatable bonds is 17. The van der Waals surface area contributed by atoms with E-state index in [1.165, 1.54) is 25.5 Å². The van der Waals surface area contributed by atoms with E-state index < -0.39 is 27.8 Å². The maximum Gasteiger partial charge on any atom is 0.490 e. The summed E-state index contributed by atoms with van der Waals surface area (Å²) < 4.78 is 74.2. The number of carboxylic acid groups (broad SMARTS) is 1. The summed E-state index contributed by atoms with van der Waals surface area (Å²) in [6.07, 6.45) is -1.22. The number of nitrogens with one attached hydrogen (secondary N) is 1. The quantitative estimate of drug-likeness (QED) is 0.0615. The molecule has 0 saturated heterocycles. The Balaban J connectivity index is 0.00000113. The highest BCUT2D eigenvalue weighted by Crippen LogP contribution is 2.25. The third-order valence-corrected chi connectivity index (χ3v) is 10.6. The number of amides is 1. The van der Waals surface area contributed by atoms with Crippen molar-refractivity contribution < 1.29 is 50.2 Å². The Hall–Kier alpha value is -4.80. The van der Waals surface area contributed by atoms with E-state index >= 15 is 0 Å². The Bertz CT molecular complexity index is 2050. The molecule has 57 heavy (non-hydrogen) atoms. The topological polar surface area (TPSA) is 143 Å². The Labute approximate surface area is 335 Å². The van der Waals surface area contributed by atoms with Gasteiger partial charge in [0.1, 0.15) is 0 Å². The van der Waals surface area contributed by atoms with Gasteiger partial charge in [0.05, 0.1) is 17.7 Å². The molecule has 16 heteroatoms. The largest absolute Gasteiger partial charge is 0.494 e. The molecule has 1 aromatic heterocycles. The minimum Gasteiger partial charge on any atom is -0.494 e. The Morgan fingerprint density at radius 1 is 0.895 bits per heavy atom. The van der Waals surface area contributed by atoms with Crippen LogP contribution < -0.4 is 10.1 Å². The highest BCUT2D eigenvalue weighted by Gasteiger charge is 2.38. The molecular formula is C41H47F4N3O7S2. The number of Topliss-reactive ketones (excluding diaryl/α,β-unsaturated/α-hetero) is 1. The van der Waals surface area contributed by atoms with E-state index in [-0.39, 0.29) is 40.6 Å². The zero-order chi connectivity index (χ0) is 42.4. The molecule has 2 N–H and O–H groups in total. The number of carboxylic acids is 1. The van der Waals surface area contributed by atoms with Gasteiger partial charge in [-0.1, -0.05) is 63.2 Å². The third kappa shape index (κ3) is 16.3. The fourth-order valence-electron chi connectivity index (χ4n) is 5.19. The van der Waals surface area contributed by atoms with Crippen molar-refractivity contribution in [2.45, 2.75) is 68.9 Å². The van der Waals surface area contributed by atoms with Gasteiger partial charge in [-0.15, -0.1) is 0 Å². The number of thioether (sulfide) groups is 1. The Kier molecular flexibility index (Phi) is 17.2. The number of aromatic nitrogens is 1. The molecule has 0 spiro atoms. The maximum absolute atomic E-state index is 14.1. The highest BCUT2D eigenvalue weighted by atomic mass is 32.2. The van der Waals surface area contributed by atoms with E-state index in [4.69, 9.17) is 14.6 Å². The molecule has 0 aliphatic heterocycles. The number of ether oxygens (including phenoxy) is 1. The highest BCUT2D eigenvalue weighted by molar-refractivity contribution is 8.00. The minimum absolute atomic E-state index is 0.00920. The van der Waals surface area contributed by atoms with Crippen LogP contribution in [0, 0.1) is 5.82 Å². The fourth-order valence-corrected chi connectivity index (χ4v) is 6.74. The molecule has 4 aromatic rings. The Morgan fingerprint density at radius 2 is 1.51 bits per heavy atom. The van der Waals surface area contributed by atoms with Gasteiger partial charge in [0.2, 0.25) is 5.91 Å². The molecule has 308 valence electrons. The molecule has 0 atom stereocenters. The lowest BCUT2D eigenvalue weighted by Crippen LogP contribution is -2.33. The van der Waals surface area contributed by atoms with Crippen molar-refractivity contribution in [2.75, 3.05) is 32.2 Å². The number of pyridine rings is 1. The second-order valence-corrected chi connectivity index (χ2v) is 17.9. The van der Waals surface area contributed by atoms with Gasteiger partial charge in [0.15, 0.2) is 27.2 Å². The number of carbonyl (C=O) groups is 3. The summed E-state index contributed by atoms with van der Waals surface area (Å²) in [6, 6.07) is 23.1. The SMILES string of the molecule is COc1ccc(C(=O)CCC(=O)N(CCSC(C)(C)C)Cc2ccc(-c3ccc(CNCCc4ccc(S(C)(=O)=O)cc4)cn3)cc2)cc1F.O=C(O)C(F)(F)F. The van der Waals surface area contributed by atoms with Crippen LogP contribution in [0.3, 0.4) is 0 Å². The smallest absolute Gasteiger partial charge is 0.490 e. The summed E-state index contributed by atoms with van der Waals surface area (Å²) >= 11 is 1.78. The maximum atomic E-state index is 14.1. The lowest BCUT2D eigenvalue weighted by atomic mass is 10.1. The number of hydrogen-bond donors (Lipinski definition) is 2. The molecule has 3 aromatic carbocycles. The van der Waals surface area contributed by atoms with E-state index in [2.05, 4.69) is 31.1 Å². The molecule has 0 aliphatic carbocycles. The van der Waals surface area contributed by atoms with Crippen LogP contribution in [0.2, 0.25) is 0 Å². The molecule has 0 aliphatic rings. The number of hydrogen-bond acceptors (Lipinski definition) is 9. The Morgan fingerprint density at radius 3 is 2.04 bits per heavy atom. The number of ketones is 1. The summed E-state index contributed by atoms with van der Waals surface area (Å²) in [5.41, 5.74) is 5.11. The van der Waals surface area contributed by atoms with E-state index in [1.807, 2.05) is 54.7 Å². The summed E-state index contributed by atoms with van der Waals surface area (Å²) in [5, 5.41) is 10.5. The van der Waals surface area contributed by atoms with Gasteiger partial charge in [-0.25, -0.2) is 17.6 Å². The molecule has 0 unspecified atom stereocenters. The predicted molar refractivity (Wildman–Crippen MR) is 212 cm³/mol. The van der Waals surface area contributed by atoms with Gasteiger partial charge in [-0.3, -0.25) is 14.6 Å². The number of carbonyl (C=O) groups excluding carboxylic acids is 2. The van der Waals surface area contributed by atoms with Crippen molar-refractivity contribution in [1.82, 2.24) is 15.2 Å². The van der Waals surface area contributed by atoms with Crippen LogP contribution in [-0.4, -0.2) is 84.2 Å². The average molecular weight is 834 g/mol. The average Bonchev–Trinajstić information content (AvgIpc) is 3.14. The van der Waals surface area contributed by atoms with Crippen molar-refractivity contribution >= 4 is 39.3 Å². The van der Waals surface area contributed by atoms with Gasteiger partial charge in [0, 0.05) is 66.6 Å². The van der Waals surface area contributed by atoms with Gasteiger partial charge in [0.25, 0.3) is 0 Å². The van der Waals surface area contributed by atoms with Crippen LogP contribution in [-0.2, 0) is 38.9 Å². The first-order chi connectivity index (χ1) is 26.7. The molecular weight excluding hydrogens is 787 g/mol. The second kappa shape index (κ2) is 21.1. The first kappa shape index (κ1) is 46.6. The van der Waals surface area contributed by atoms with E-state index in [9.17, 15) is 35.6 Å². The summed E-state index contributed by atoms with van der Waals surface area (Å²) in [6.45, 7) is 8.77. The first-order valence-electron chi connectivity index (χ1n) is 17.8. The van der Waals surface area contributed by atoms with Crippen molar-refractivity contribution in [3.05, 3.63) is 113 Å². The summed E-state index contributed by atoms with van der Waals surface area (Å²) in [5.74, 6) is -2.95. The van der Waals surface area contributed by atoms with Gasteiger partial charge in [-0.2, -0.15) is 24.9 Å². The van der Waals surface area contributed by atoms with Crippen molar-refractivity contribution in [1.29, 1.82) is 0 Å². The second-order valence-electron chi connectivity index (χ2n) is 13.9. The number of halogens is 4. The summed E-state index contributed by atoms with van der Waals surface area (Å²) in [4.78, 5) is 41.8. The number of sulfone groups is 1. The summed E-state index contributed by atoms with van der Waals surface area (Å²) in [7, 11) is -1.83. The standard InChI is InChI=1S/C39H46FN3O5S2.C2HF3O2/c1-39(2,3)49-23-22-43(38(45)19-17-36(44)32-13-18-37(48-4)34(40)24-32)27-29-6-11-31(12-7-29)35-16-10-30(26-42-35)25-41-21-20-28-8-14-33(15-9-28)50(5,46)47;3-2(4,5)1(6)7/h6-16,18,24,26,41H,17,19-23,25,27H2,1-5H3;(H,6,7). The van der Waals surface area contributed by atoms with Crippen LogP contribution in [0.25, 0.3) is 11.3 Å². The molecule has 1 amide bonds. The number of alkyl halides is 3.